The number of carbonyl (C=O) groups excluding carboxylic acids is 1. The lowest BCUT2D eigenvalue weighted by atomic mass is 10.2. The maximum Gasteiger partial charge on any atom is 0.234 e. The topological polar surface area (TPSA) is 72.7 Å². The van der Waals surface area contributed by atoms with Crippen molar-refractivity contribution in [2.24, 2.45) is 5.92 Å². The summed E-state index contributed by atoms with van der Waals surface area (Å²) < 4.78 is 2.09. The van der Waals surface area contributed by atoms with Crippen LogP contribution in [0.2, 0.25) is 0 Å². The molecular weight excluding hydrogens is 346 g/mol. The third-order valence-electron chi connectivity index (χ3n) is 3.57. The molecule has 0 fully saturated rings. The van der Waals surface area contributed by atoms with Gasteiger partial charge in [-0.25, -0.2) is 0 Å². The van der Waals surface area contributed by atoms with Crippen molar-refractivity contribution in [1.29, 1.82) is 0 Å². The van der Waals surface area contributed by atoms with Gasteiger partial charge in [-0.05, 0) is 18.1 Å². The van der Waals surface area contributed by atoms with E-state index in [0.29, 0.717) is 11.6 Å². The van der Waals surface area contributed by atoms with E-state index in [9.17, 15) is 4.79 Å². The average molecular weight is 367 g/mol. The Bertz CT molecular complexity index is 849. The molecule has 0 spiro atoms. The first-order valence-corrected chi connectivity index (χ1v) is 9.43. The van der Waals surface area contributed by atoms with E-state index in [1.54, 1.807) is 18.5 Å². The number of amides is 1. The van der Waals surface area contributed by atoms with Crippen LogP contribution in [-0.2, 0) is 11.3 Å². The van der Waals surface area contributed by atoms with Crippen molar-refractivity contribution in [2.45, 2.75) is 25.5 Å². The van der Waals surface area contributed by atoms with Gasteiger partial charge in [0.2, 0.25) is 5.91 Å². The summed E-state index contributed by atoms with van der Waals surface area (Å²) >= 11 is 1.39. The number of benzene rings is 1. The van der Waals surface area contributed by atoms with Gasteiger partial charge in [0.05, 0.1) is 17.6 Å². The number of carbonyl (C=O) groups is 1. The maximum absolute atomic E-state index is 12.2. The number of hydrogen-bond acceptors (Lipinski definition) is 5. The van der Waals surface area contributed by atoms with Gasteiger partial charge in [0.25, 0.3) is 0 Å². The molecule has 0 aliphatic carbocycles. The fraction of sp³-hybridized carbons (Fsp3) is 0.263. The molecule has 2 aromatic heterocycles. The second-order valence-corrected chi connectivity index (χ2v) is 7.20. The third-order valence-corrected chi connectivity index (χ3v) is 4.54. The molecule has 1 aromatic carbocycles. The number of nitrogens with one attached hydrogen (secondary N) is 1. The Morgan fingerprint density at radius 1 is 1.15 bits per heavy atom. The standard InChI is InChI=1S/C19H21N5OS/c1-14(2)12-24-18(15-7-4-3-5-8-15)22-23-19(24)26-13-17(25)21-16-9-6-10-20-11-16/h3-11,14H,12-13H2,1-2H3,(H,21,25). The summed E-state index contributed by atoms with van der Waals surface area (Å²) in [4.78, 5) is 16.2. The van der Waals surface area contributed by atoms with Crippen LogP contribution in [0.3, 0.4) is 0 Å². The van der Waals surface area contributed by atoms with E-state index in [4.69, 9.17) is 0 Å². The van der Waals surface area contributed by atoms with Gasteiger partial charge in [-0.2, -0.15) is 0 Å². The van der Waals surface area contributed by atoms with E-state index < -0.39 is 0 Å². The number of thioether (sulfide) groups is 1. The molecule has 26 heavy (non-hydrogen) atoms. The monoisotopic (exact) mass is 367 g/mol. The largest absolute Gasteiger partial charge is 0.324 e. The Kier molecular flexibility index (Phi) is 6.01. The smallest absolute Gasteiger partial charge is 0.234 e. The molecule has 2 heterocycles. The van der Waals surface area contributed by atoms with E-state index in [1.165, 1.54) is 11.8 Å². The van der Waals surface area contributed by atoms with Crippen molar-refractivity contribution in [3.8, 4) is 11.4 Å². The number of nitrogens with zero attached hydrogens (tertiary/aromatic N) is 4. The number of anilines is 1. The number of hydrogen-bond donors (Lipinski definition) is 1. The lowest BCUT2D eigenvalue weighted by molar-refractivity contribution is -0.113. The van der Waals surface area contributed by atoms with Gasteiger partial charge in [-0.1, -0.05) is 55.9 Å². The minimum Gasteiger partial charge on any atom is -0.324 e. The minimum absolute atomic E-state index is 0.0941. The summed E-state index contributed by atoms with van der Waals surface area (Å²) in [6, 6.07) is 13.6. The lowest BCUT2D eigenvalue weighted by Crippen LogP contribution is -2.15. The summed E-state index contributed by atoms with van der Waals surface area (Å²) in [5.41, 5.74) is 1.71. The van der Waals surface area contributed by atoms with E-state index in [0.717, 1.165) is 23.1 Å². The highest BCUT2D eigenvalue weighted by atomic mass is 32.2. The van der Waals surface area contributed by atoms with Crippen molar-refractivity contribution in [2.75, 3.05) is 11.1 Å². The lowest BCUT2D eigenvalue weighted by Gasteiger charge is -2.12. The zero-order valence-electron chi connectivity index (χ0n) is 14.8. The van der Waals surface area contributed by atoms with Crippen LogP contribution < -0.4 is 5.32 Å². The molecule has 3 aromatic rings. The summed E-state index contributed by atoms with van der Waals surface area (Å²) in [6.07, 6.45) is 3.29. The van der Waals surface area contributed by atoms with E-state index >= 15 is 0 Å². The fourth-order valence-electron chi connectivity index (χ4n) is 2.49. The Hall–Kier alpha value is -2.67. The van der Waals surface area contributed by atoms with Crippen LogP contribution in [0.4, 0.5) is 5.69 Å². The van der Waals surface area contributed by atoms with Crippen LogP contribution in [0.25, 0.3) is 11.4 Å². The first-order chi connectivity index (χ1) is 12.6. The SMILES string of the molecule is CC(C)Cn1c(SCC(=O)Nc2cccnc2)nnc1-c1ccccc1. The molecule has 0 bridgehead atoms. The van der Waals surface area contributed by atoms with Crippen LogP contribution in [0.5, 0.6) is 0 Å². The van der Waals surface area contributed by atoms with E-state index in [1.807, 2.05) is 36.4 Å². The summed E-state index contributed by atoms with van der Waals surface area (Å²) in [5.74, 6) is 1.44. The van der Waals surface area contributed by atoms with Gasteiger partial charge >= 0.3 is 0 Å². The van der Waals surface area contributed by atoms with E-state index in [2.05, 4.69) is 38.9 Å². The number of pyridine rings is 1. The molecule has 134 valence electrons. The minimum atomic E-state index is -0.0941. The van der Waals surface area contributed by atoms with E-state index in [-0.39, 0.29) is 11.7 Å². The molecule has 0 aliphatic heterocycles. The van der Waals surface area contributed by atoms with Crippen molar-refractivity contribution in [3.05, 3.63) is 54.9 Å². The predicted octanol–water partition coefficient (Wildman–Crippen LogP) is 3.73. The van der Waals surface area contributed by atoms with Gasteiger partial charge < -0.3 is 9.88 Å². The number of aromatic nitrogens is 4. The molecular formula is C19H21N5OS. The maximum atomic E-state index is 12.2. The Morgan fingerprint density at radius 3 is 2.65 bits per heavy atom. The van der Waals surface area contributed by atoms with Crippen LogP contribution in [-0.4, -0.2) is 31.4 Å². The predicted molar refractivity (Wildman–Crippen MR) is 104 cm³/mol. The first kappa shape index (κ1) is 18.1. The molecule has 0 unspecified atom stereocenters. The Morgan fingerprint density at radius 2 is 1.96 bits per heavy atom. The summed E-state index contributed by atoms with van der Waals surface area (Å²) in [5, 5.41) is 12.2. The Labute approximate surface area is 157 Å². The summed E-state index contributed by atoms with van der Waals surface area (Å²) in [7, 11) is 0. The molecule has 0 atom stereocenters. The quantitative estimate of drug-likeness (QED) is 0.644. The second-order valence-electron chi connectivity index (χ2n) is 6.26. The van der Waals surface area contributed by atoms with Crippen molar-refractivity contribution >= 4 is 23.4 Å². The molecule has 7 heteroatoms. The zero-order valence-corrected chi connectivity index (χ0v) is 15.6. The van der Waals surface area contributed by atoms with Crippen LogP contribution in [0, 0.1) is 5.92 Å². The molecule has 0 saturated carbocycles. The number of rotatable bonds is 7. The van der Waals surface area contributed by atoms with Crippen LogP contribution in [0.1, 0.15) is 13.8 Å². The summed E-state index contributed by atoms with van der Waals surface area (Å²) in [6.45, 7) is 5.10. The van der Waals surface area contributed by atoms with Gasteiger partial charge in [0, 0.05) is 18.3 Å². The van der Waals surface area contributed by atoms with Gasteiger partial charge in [-0.3, -0.25) is 9.78 Å². The van der Waals surface area contributed by atoms with Crippen molar-refractivity contribution in [3.63, 3.8) is 0 Å². The van der Waals surface area contributed by atoms with Crippen molar-refractivity contribution in [1.82, 2.24) is 19.7 Å². The molecule has 3 rings (SSSR count). The molecule has 0 radical (unpaired) electrons. The third kappa shape index (κ3) is 4.70. The molecule has 6 nitrogen and oxygen atoms in total. The van der Waals surface area contributed by atoms with Crippen LogP contribution >= 0.6 is 11.8 Å². The first-order valence-electron chi connectivity index (χ1n) is 8.45. The van der Waals surface area contributed by atoms with Gasteiger partial charge in [0.1, 0.15) is 0 Å². The molecule has 0 saturated heterocycles. The normalized spacial score (nSPS) is 10.9. The Balaban J connectivity index is 1.73. The zero-order chi connectivity index (χ0) is 18.4. The molecule has 1 N–H and O–H groups in total. The fourth-order valence-corrected chi connectivity index (χ4v) is 3.24. The van der Waals surface area contributed by atoms with Gasteiger partial charge in [0.15, 0.2) is 11.0 Å². The highest BCUT2D eigenvalue weighted by Crippen LogP contribution is 2.25. The average Bonchev–Trinajstić information content (AvgIpc) is 3.03. The molecule has 0 aliphatic rings. The van der Waals surface area contributed by atoms with Gasteiger partial charge in [-0.15, -0.1) is 10.2 Å². The van der Waals surface area contributed by atoms with Crippen molar-refractivity contribution < 1.29 is 4.79 Å². The highest BCUT2D eigenvalue weighted by molar-refractivity contribution is 7.99. The highest BCUT2D eigenvalue weighted by Gasteiger charge is 2.16. The van der Waals surface area contributed by atoms with Crippen LogP contribution in [0.15, 0.2) is 60.0 Å². The molecule has 1 amide bonds. The second kappa shape index (κ2) is 8.62.